The molecule has 1 aliphatic rings. The molecule has 0 bridgehead atoms. The van der Waals surface area contributed by atoms with E-state index in [4.69, 9.17) is 9.47 Å². The van der Waals surface area contributed by atoms with Crippen molar-refractivity contribution in [1.29, 1.82) is 0 Å². The fourth-order valence-electron chi connectivity index (χ4n) is 2.69. The van der Waals surface area contributed by atoms with Crippen LogP contribution in [0.3, 0.4) is 0 Å². The van der Waals surface area contributed by atoms with Crippen molar-refractivity contribution in [3.63, 3.8) is 0 Å². The topological polar surface area (TPSA) is 77.8 Å². The minimum atomic E-state index is -0.399. The van der Waals surface area contributed by atoms with Gasteiger partial charge < -0.3 is 9.47 Å². The number of thiazole rings is 1. The maximum atomic E-state index is 12.1. The van der Waals surface area contributed by atoms with E-state index in [0.29, 0.717) is 12.6 Å². The lowest BCUT2D eigenvalue weighted by atomic mass is 10.2. The van der Waals surface area contributed by atoms with Crippen molar-refractivity contribution in [3.8, 4) is 17.0 Å². The molecule has 1 saturated heterocycles. The summed E-state index contributed by atoms with van der Waals surface area (Å²) in [5, 5.41) is 9.12. The van der Waals surface area contributed by atoms with Crippen LogP contribution in [0.25, 0.3) is 16.2 Å². The number of amides is 1. The Hall–Kier alpha value is -2.45. The van der Waals surface area contributed by atoms with Gasteiger partial charge in [0.05, 0.1) is 12.8 Å². The molecule has 124 valence electrons. The second-order valence-corrected chi connectivity index (χ2v) is 6.31. The van der Waals surface area contributed by atoms with E-state index in [1.165, 1.54) is 11.3 Å². The van der Waals surface area contributed by atoms with Gasteiger partial charge in [0.1, 0.15) is 11.9 Å². The highest BCUT2D eigenvalue weighted by molar-refractivity contribution is 7.15. The average Bonchev–Trinajstić information content (AvgIpc) is 3.31. The first-order valence-corrected chi connectivity index (χ1v) is 8.54. The molecular formula is C16H16N4O3S. The quantitative estimate of drug-likeness (QED) is 0.787. The van der Waals surface area contributed by atoms with Crippen LogP contribution in [0, 0.1) is 0 Å². The Kier molecular flexibility index (Phi) is 3.91. The van der Waals surface area contributed by atoms with Crippen molar-refractivity contribution < 1.29 is 14.3 Å². The van der Waals surface area contributed by atoms with Gasteiger partial charge in [0, 0.05) is 17.6 Å². The van der Waals surface area contributed by atoms with Crippen LogP contribution >= 0.6 is 11.3 Å². The summed E-state index contributed by atoms with van der Waals surface area (Å²) in [6, 6.07) is 7.74. The molecule has 0 aliphatic carbocycles. The molecule has 1 atom stereocenters. The second-order valence-electron chi connectivity index (χ2n) is 5.47. The van der Waals surface area contributed by atoms with E-state index in [1.54, 1.807) is 11.6 Å². The number of carbonyl (C=O) groups is 1. The first-order chi connectivity index (χ1) is 11.7. The van der Waals surface area contributed by atoms with Gasteiger partial charge in [0.25, 0.3) is 11.9 Å². The van der Waals surface area contributed by atoms with E-state index in [-0.39, 0.29) is 5.91 Å². The molecule has 7 nitrogen and oxygen atoms in total. The van der Waals surface area contributed by atoms with Crippen molar-refractivity contribution in [2.24, 2.45) is 0 Å². The molecule has 1 amide bonds. The Bertz CT molecular complexity index is 882. The normalized spacial score (nSPS) is 17.3. The number of methoxy groups -OCH3 is 1. The van der Waals surface area contributed by atoms with Gasteiger partial charge in [0.2, 0.25) is 4.96 Å². The van der Waals surface area contributed by atoms with Crippen LogP contribution in [-0.2, 0) is 9.53 Å². The third-order valence-electron chi connectivity index (χ3n) is 3.90. The third-order valence-corrected chi connectivity index (χ3v) is 4.72. The van der Waals surface area contributed by atoms with Gasteiger partial charge in [-0.25, -0.2) is 4.52 Å². The number of anilines is 1. The molecule has 1 aromatic carbocycles. The summed E-state index contributed by atoms with van der Waals surface area (Å²) in [6.07, 6.45) is 1.25. The van der Waals surface area contributed by atoms with Crippen molar-refractivity contribution >= 4 is 28.2 Å². The summed E-state index contributed by atoms with van der Waals surface area (Å²) < 4.78 is 12.4. The maximum Gasteiger partial charge on any atom is 0.255 e. The van der Waals surface area contributed by atoms with Gasteiger partial charge in [-0.2, -0.15) is 4.98 Å². The lowest BCUT2D eigenvalue weighted by Gasteiger charge is -2.07. The Morgan fingerprint density at radius 3 is 3.21 bits per heavy atom. The minimum Gasteiger partial charge on any atom is -0.497 e. The molecule has 4 rings (SSSR count). The number of hydrogen-bond acceptors (Lipinski definition) is 6. The molecule has 3 aromatic rings. The van der Waals surface area contributed by atoms with E-state index in [0.717, 1.165) is 34.8 Å². The number of nitrogens with one attached hydrogen (secondary N) is 1. The van der Waals surface area contributed by atoms with E-state index >= 15 is 0 Å². The Morgan fingerprint density at radius 1 is 1.50 bits per heavy atom. The molecule has 0 spiro atoms. The van der Waals surface area contributed by atoms with E-state index < -0.39 is 6.10 Å². The fraction of sp³-hybridized carbons (Fsp3) is 0.312. The first-order valence-electron chi connectivity index (χ1n) is 7.66. The monoisotopic (exact) mass is 344 g/mol. The van der Waals surface area contributed by atoms with Gasteiger partial charge in [-0.05, 0) is 25.0 Å². The van der Waals surface area contributed by atoms with Gasteiger partial charge in [-0.1, -0.05) is 12.1 Å². The Morgan fingerprint density at radius 2 is 2.42 bits per heavy atom. The highest BCUT2D eigenvalue weighted by atomic mass is 32.1. The summed E-state index contributed by atoms with van der Waals surface area (Å²) in [5.74, 6) is 0.888. The molecule has 0 radical (unpaired) electrons. The summed E-state index contributed by atoms with van der Waals surface area (Å²) in [5.41, 5.74) is 1.88. The molecule has 0 saturated carbocycles. The van der Waals surface area contributed by atoms with Crippen molar-refractivity contribution in [2.75, 3.05) is 19.0 Å². The molecule has 1 aliphatic heterocycles. The largest absolute Gasteiger partial charge is 0.497 e. The number of hydrogen-bond donors (Lipinski definition) is 1. The first kappa shape index (κ1) is 15.1. The van der Waals surface area contributed by atoms with Crippen LogP contribution in [0.1, 0.15) is 12.8 Å². The van der Waals surface area contributed by atoms with Gasteiger partial charge in [-0.3, -0.25) is 10.1 Å². The maximum absolute atomic E-state index is 12.1. The molecule has 1 N–H and O–H groups in total. The summed E-state index contributed by atoms with van der Waals surface area (Å²) >= 11 is 1.47. The van der Waals surface area contributed by atoms with Gasteiger partial charge in [0.15, 0.2) is 0 Å². The van der Waals surface area contributed by atoms with Crippen LogP contribution in [-0.4, -0.2) is 40.3 Å². The smallest absolute Gasteiger partial charge is 0.255 e. The zero-order chi connectivity index (χ0) is 16.5. The highest BCUT2D eigenvalue weighted by Gasteiger charge is 2.25. The number of aromatic nitrogens is 3. The minimum absolute atomic E-state index is 0.186. The second kappa shape index (κ2) is 6.21. The number of carbonyl (C=O) groups excluding carboxylic acids is 1. The van der Waals surface area contributed by atoms with Gasteiger partial charge >= 0.3 is 0 Å². The summed E-state index contributed by atoms with van der Waals surface area (Å²) in [7, 11) is 1.64. The third kappa shape index (κ3) is 2.74. The van der Waals surface area contributed by atoms with Crippen molar-refractivity contribution in [2.45, 2.75) is 18.9 Å². The van der Waals surface area contributed by atoms with Crippen LogP contribution in [0.5, 0.6) is 5.75 Å². The predicted molar refractivity (Wildman–Crippen MR) is 90.5 cm³/mol. The van der Waals surface area contributed by atoms with Crippen LogP contribution < -0.4 is 10.1 Å². The number of fused-ring (bicyclic) bond motifs is 1. The number of benzene rings is 1. The summed E-state index contributed by atoms with van der Waals surface area (Å²) in [4.78, 5) is 17.2. The lowest BCUT2D eigenvalue weighted by molar-refractivity contribution is -0.124. The molecular weight excluding hydrogens is 328 g/mol. The number of rotatable bonds is 4. The van der Waals surface area contributed by atoms with E-state index in [9.17, 15) is 4.79 Å². The van der Waals surface area contributed by atoms with Gasteiger partial charge in [-0.15, -0.1) is 16.4 Å². The lowest BCUT2D eigenvalue weighted by Crippen LogP contribution is -2.27. The zero-order valence-corrected chi connectivity index (χ0v) is 13.9. The van der Waals surface area contributed by atoms with Crippen LogP contribution in [0.2, 0.25) is 0 Å². The SMILES string of the molecule is COc1cccc(-c2csc3nc(NC(=O)C4CCCO4)nn23)c1. The Balaban J connectivity index is 1.62. The standard InChI is InChI=1S/C16H16N4O3S/c1-22-11-5-2-4-10(8-11)12-9-24-16-18-15(19-20(12)16)17-14(21)13-6-3-7-23-13/h2,4-5,8-9,13H,3,6-7H2,1H3,(H,17,19,21). The van der Waals surface area contributed by atoms with Crippen molar-refractivity contribution in [3.05, 3.63) is 29.6 Å². The van der Waals surface area contributed by atoms with E-state index in [2.05, 4.69) is 15.4 Å². The molecule has 1 unspecified atom stereocenters. The Labute approximate surface area is 142 Å². The average molecular weight is 344 g/mol. The molecule has 1 fully saturated rings. The highest BCUT2D eigenvalue weighted by Crippen LogP contribution is 2.28. The van der Waals surface area contributed by atoms with E-state index in [1.807, 2.05) is 29.6 Å². The summed E-state index contributed by atoms with van der Waals surface area (Å²) in [6.45, 7) is 0.629. The number of nitrogens with zero attached hydrogens (tertiary/aromatic N) is 3. The predicted octanol–water partition coefficient (Wildman–Crippen LogP) is 2.58. The molecule has 24 heavy (non-hydrogen) atoms. The fourth-order valence-corrected chi connectivity index (χ4v) is 3.52. The number of ether oxygens (including phenoxy) is 2. The molecule has 3 heterocycles. The van der Waals surface area contributed by atoms with Crippen LogP contribution in [0.4, 0.5) is 5.95 Å². The molecule has 2 aromatic heterocycles. The molecule has 8 heteroatoms. The van der Waals surface area contributed by atoms with Crippen molar-refractivity contribution in [1.82, 2.24) is 14.6 Å². The zero-order valence-electron chi connectivity index (χ0n) is 13.1. The van der Waals surface area contributed by atoms with Crippen LogP contribution in [0.15, 0.2) is 29.6 Å².